The summed E-state index contributed by atoms with van der Waals surface area (Å²) in [6, 6.07) is 0. The Bertz CT molecular complexity index is 808. The number of aromatic nitrogens is 4. The van der Waals surface area contributed by atoms with Gasteiger partial charge in [-0.2, -0.15) is 13.1 Å². The van der Waals surface area contributed by atoms with E-state index >= 15 is 0 Å². The van der Waals surface area contributed by atoms with E-state index in [9.17, 15) is 0 Å². The zero-order valence-electron chi connectivity index (χ0n) is 16.3. The van der Waals surface area contributed by atoms with Gasteiger partial charge in [0.05, 0.1) is 30.1 Å². The van der Waals surface area contributed by atoms with Crippen LogP contribution < -0.4 is 15.4 Å². The highest BCUT2D eigenvalue weighted by Gasteiger charge is 2.15. The molecule has 0 saturated carbocycles. The van der Waals surface area contributed by atoms with Crippen LogP contribution in [0.3, 0.4) is 0 Å². The number of ether oxygens (including phenoxy) is 1. The van der Waals surface area contributed by atoms with Crippen molar-refractivity contribution in [3.63, 3.8) is 0 Å². The van der Waals surface area contributed by atoms with E-state index in [-0.39, 0.29) is 12.4 Å². The second kappa shape index (κ2) is 13.3. The van der Waals surface area contributed by atoms with Crippen molar-refractivity contribution in [2.24, 2.45) is 0 Å². The standard InChI is InChI=1S/C11H17N3OS.C7H8ClN3S.ClH/c1-2-3-7-15-11-10(13-16-14-11)9-5-4-6-12-8-9;8-7-6(10-12-11-7)5-2-1-3-9-4-5;/h5,12H,2-4,6-8H2,1H3;2,9H,1,3-4H2;1H. The lowest BCUT2D eigenvalue weighted by Crippen LogP contribution is -2.21. The summed E-state index contributed by atoms with van der Waals surface area (Å²) in [6.07, 6.45) is 8.69. The first kappa shape index (κ1) is 24.2. The fraction of sp³-hybridized carbons (Fsp3) is 0.556. The fourth-order valence-electron chi connectivity index (χ4n) is 2.80. The van der Waals surface area contributed by atoms with Crippen LogP contribution in [0.2, 0.25) is 5.15 Å². The van der Waals surface area contributed by atoms with Crippen LogP contribution in [0.5, 0.6) is 5.88 Å². The molecule has 160 valence electrons. The summed E-state index contributed by atoms with van der Waals surface area (Å²) in [6.45, 7) is 6.69. The van der Waals surface area contributed by atoms with Crippen LogP contribution in [0.4, 0.5) is 0 Å². The molecule has 0 saturated heterocycles. The highest BCUT2D eigenvalue weighted by atomic mass is 35.5. The van der Waals surface area contributed by atoms with Crippen molar-refractivity contribution in [2.75, 3.05) is 32.8 Å². The summed E-state index contributed by atoms with van der Waals surface area (Å²) < 4.78 is 22.2. The second-order valence-corrected chi connectivity index (χ2v) is 7.83. The van der Waals surface area contributed by atoms with Crippen LogP contribution in [0.15, 0.2) is 12.2 Å². The number of nitrogens with one attached hydrogen (secondary N) is 2. The average molecular weight is 477 g/mol. The van der Waals surface area contributed by atoms with Crippen molar-refractivity contribution in [3.05, 3.63) is 28.7 Å². The maximum atomic E-state index is 5.84. The Morgan fingerprint density at radius 1 is 0.966 bits per heavy atom. The number of unbranched alkanes of at least 4 members (excludes halogenated alkanes) is 1. The van der Waals surface area contributed by atoms with Crippen LogP contribution >= 0.6 is 47.5 Å². The largest absolute Gasteiger partial charge is 0.475 e. The van der Waals surface area contributed by atoms with Gasteiger partial charge in [-0.15, -0.1) is 16.8 Å². The summed E-state index contributed by atoms with van der Waals surface area (Å²) >= 11 is 8.22. The molecule has 2 aromatic heterocycles. The molecule has 4 heterocycles. The van der Waals surface area contributed by atoms with Crippen LogP contribution in [0, 0.1) is 0 Å². The van der Waals surface area contributed by atoms with Gasteiger partial charge in [-0.05, 0) is 43.5 Å². The van der Waals surface area contributed by atoms with E-state index in [1.807, 2.05) is 0 Å². The zero-order chi connectivity index (χ0) is 19.6. The molecule has 11 heteroatoms. The number of rotatable bonds is 6. The Balaban J connectivity index is 0.000000207. The van der Waals surface area contributed by atoms with Crippen molar-refractivity contribution in [1.82, 2.24) is 28.1 Å². The minimum atomic E-state index is 0. The van der Waals surface area contributed by atoms with Crippen molar-refractivity contribution in [3.8, 4) is 5.88 Å². The molecule has 2 aliphatic heterocycles. The zero-order valence-corrected chi connectivity index (χ0v) is 19.5. The summed E-state index contributed by atoms with van der Waals surface area (Å²) in [7, 11) is 0. The van der Waals surface area contributed by atoms with Gasteiger partial charge in [-0.1, -0.05) is 37.1 Å². The van der Waals surface area contributed by atoms with E-state index in [4.69, 9.17) is 16.3 Å². The van der Waals surface area contributed by atoms with Gasteiger partial charge in [0.15, 0.2) is 5.15 Å². The first-order valence-corrected chi connectivity index (χ1v) is 11.4. The minimum Gasteiger partial charge on any atom is -0.475 e. The Hall–Kier alpha value is -1.10. The molecule has 0 aliphatic carbocycles. The smallest absolute Gasteiger partial charge is 0.253 e. The van der Waals surface area contributed by atoms with E-state index < -0.39 is 0 Å². The lowest BCUT2D eigenvalue weighted by Gasteiger charge is -2.13. The van der Waals surface area contributed by atoms with E-state index in [0.717, 1.165) is 81.6 Å². The lowest BCUT2D eigenvalue weighted by molar-refractivity contribution is 0.299. The first-order valence-electron chi connectivity index (χ1n) is 9.53. The van der Waals surface area contributed by atoms with E-state index in [0.29, 0.717) is 11.0 Å². The monoisotopic (exact) mass is 476 g/mol. The molecule has 0 amide bonds. The predicted octanol–water partition coefficient (Wildman–Crippen LogP) is 4.08. The Kier molecular flexibility index (Phi) is 11.0. The third kappa shape index (κ3) is 7.27. The summed E-state index contributed by atoms with van der Waals surface area (Å²) in [5, 5.41) is 7.11. The average Bonchev–Trinajstić information content (AvgIpc) is 3.39. The highest BCUT2D eigenvalue weighted by molar-refractivity contribution is 6.99. The van der Waals surface area contributed by atoms with Crippen molar-refractivity contribution in [2.45, 2.75) is 32.6 Å². The quantitative estimate of drug-likeness (QED) is 0.607. The molecule has 4 rings (SSSR count). The van der Waals surface area contributed by atoms with Gasteiger partial charge >= 0.3 is 0 Å². The van der Waals surface area contributed by atoms with E-state index in [1.165, 1.54) is 22.9 Å². The molecular weight excluding hydrogens is 451 g/mol. The second-order valence-electron chi connectivity index (χ2n) is 6.41. The molecule has 7 nitrogen and oxygen atoms in total. The first-order chi connectivity index (χ1) is 13.8. The van der Waals surface area contributed by atoms with Gasteiger partial charge < -0.3 is 15.4 Å². The molecule has 0 aromatic carbocycles. The summed E-state index contributed by atoms with van der Waals surface area (Å²) in [5.41, 5.74) is 4.15. The molecule has 2 aromatic rings. The summed E-state index contributed by atoms with van der Waals surface area (Å²) in [4.78, 5) is 0. The molecule has 0 atom stereocenters. The molecule has 2 aliphatic rings. The van der Waals surface area contributed by atoms with Crippen molar-refractivity contribution >= 4 is 58.6 Å². The molecule has 0 radical (unpaired) electrons. The van der Waals surface area contributed by atoms with Crippen LogP contribution in [0.1, 0.15) is 44.0 Å². The Labute approximate surface area is 191 Å². The highest BCUT2D eigenvalue weighted by Crippen LogP contribution is 2.25. The Morgan fingerprint density at radius 3 is 2.14 bits per heavy atom. The van der Waals surface area contributed by atoms with Gasteiger partial charge in [0.2, 0.25) is 0 Å². The van der Waals surface area contributed by atoms with Crippen LogP contribution in [-0.2, 0) is 0 Å². The van der Waals surface area contributed by atoms with Gasteiger partial charge in [-0.25, -0.2) is 0 Å². The molecule has 29 heavy (non-hydrogen) atoms. The normalized spacial score (nSPS) is 16.1. The van der Waals surface area contributed by atoms with Gasteiger partial charge in [0.25, 0.3) is 5.88 Å². The third-order valence-corrected chi connectivity index (χ3v) is 5.71. The molecule has 0 spiro atoms. The molecular formula is C18H26Cl2N6OS2. The molecule has 0 unspecified atom stereocenters. The maximum Gasteiger partial charge on any atom is 0.253 e. The maximum absolute atomic E-state index is 5.84. The van der Waals surface area contributed by atoms with E-state index in [1.54, 1.807) is 0 Å². The van der Waals surface area contributed by atoms with Crippen molar-refractivity contribution < 1.29 is 4.74 Å². The SMILES string of the molecule is CCCCOc1nsnc1C1=CCCNC1.Cl.Clc1nsnc1C1=CCCNC1. The lowest BCUT2D eigenvalue weighted by atomic mass is 10.1. The number of hydrogen-bond donors (Lipinski definition) is 2. The van der Waals surface area contributed by atoms with Gasteiger partial charge in [0.1, 0.15) is 11.4 Å². The summed E-state index contributed by atoms with van der Waals surface area (Å²) in [5.74, 6) is 0.702. The van der Waals surface area contributed by atoms with Crippen molar-refractivity contribution in [1.29, 1.82) is 0 Å². The molecule has 0 fully saturated rings. The molecule has 2 N–H and O–H groups in total. The van der Waals surface area contributed by atoms with Gasteiger partial charge in [-0.3, -0.25) is 0 Å². The van der Waals surface area contributed by atoms with E-state index in [2.05, 4.69) is 47.2 Å². The van der Waals surface area contributed by atoms with Crippen LogP contribution in [0.25, 0.3) is 11.1 Å². The minimum absolute atomic E-state index is 0. The van der Waals surface area contributed by atoms with Crippen LogP contribution in [-0.4, -0.2) is 50.3 Å². The molecule has 0 bridgehead atoms. The van der Waals surface area contributed by atoms with Gasteiger partial charge in [0, 0.05) is 13.1 Å². The number of nitrogens with zero attached hydrogens (tertiary/aromatic N) is 4. The topological polar surface area (TPSA) is 84.9 Å². The third-order valence-electron chi connectivity index (χ3n) is 4.31. The fourth-order valence-corrected chi connectivity index (χ4v) is 4.12. The predicted molar refractivity (Wildman–Crippen MR) is 123 cm³/mol. The number of halogens is 2. The number of hydrogen-bond acceptors (Lipinski definition) is 9. The Morgan fingerprint density at radius 2 is 1.59 bits per heavy atom.